The Morgan fingerprint density at radius 2 is 1.57 bits per heavy atom. The number of esters is 1. The van der Waals surface area contributed by atoms with Gasteiger partial charge in [-0.3, -0.25) is 9.59 Å². The highest BCUT2D eigenvalue weighted by Gasteiger charge is 2.32. The van der Waals surface area contributed by atoms with Crippen molar-refractivity contribution in [2.24, 2.45) is 0 Å². The van der Waals surface area contributed by atoms with Crippen LogP contribution < -0.4 is 15.4 Å². The Balaban J connectivity index is 1.92. The largest absolute Gasteiger partial charge is 0.504 e. The van der Waals surface area contributed by atoms with Crippen LogP contribution in [0.1, 0.15) is 64.4 Å². The number of aromatic hydroxyl groups is 2. The summed E-state index contributed by atoms with van der Waals surface area (Å²) in [6.45, 7) is 3.16. The van der Waals surface area contributed by atoms with E-state index in [2.05, 4.69) is 17.6 Å². The van der Waals surface area contributed by atoms with Crippen LogP contribution in [0.4, 0.5) is 5.69 Å². The average Bonchev–Trinajstić information content (AvgIpc) is 3.03. The average molecular weight is 647 g/mol. The van der Waals surface area contributed by atoms with E-state index in [0.717, 1.165) is 18.9 Å². The van der Waals surface area contributed by atoms with Gasteiger partial charge in [-0.1, -0.05) is 45.1 Å². The summed E-state index contributed by atoms with van der Waals surface area (Å²) in [7, 11) is 0. The van der Waals surface area contributed by atoms with Gasteiger partial charge in [0.2, 0.25) is 11.8 Å². The Hall–Kier alpha value is -4.17. The van der Waals surface area contributed by atoms with E-state index in [1.54, 1.807) is 24.3 Å². The molecular formula is C33H46N2O11. The number of hydrogen-bond acceptors (Lipinski definition) is 11. The van der Waals surface area contributed by atoms with Gasteiger partial charge < -0.3 is 50.7 Å². The van der Waals surface area contributed by atoms with Crippen molar-refractivity contribution in [1.82, 2.24) is 5.32 Å². The summed E-state index contributed by atoms with van der Waals surface area (Å²) >= 11 is 0. The summed E-state index contributed by atoms with van der Waals surface area (Å²) in [6.07, 6.45) is 1.92. The summed E-state index contributed by atoms with van der Waals surface area (Å²) < 4.78 is 10.8. The second-order valence-corrected chi connectivity index (χ2v) is 10.9. The molecule has 254 valence electrons. The van der Waals surface area contributed by atoms with Crippen LogP contribution in [0.3, 0.4) is 0 Å². The fourth-order valence-corrected chi connectivity index (χ4v) is 4.31. The number of aliphatic hydroxyl groups is 4. The molecule has 0 aliphatic carbocycles. The SMILES string of the molecule is CCCCCCCCOc1ccc(NC(=O)C(NC(=O)C(O)CC(OC(=O)/C=C/c2ccc(O)c(O)c2)C(O)CO)C(C)O)cc1. The number of benzene rings is 2. The number of phenolic OH excluding ortho intramolecular Hbond substituents is 2. The van der Waals surface area contributed by atoms with E-state index < -0.39 is 67.0 Å². The molecule has 2 amide bonds. The van der Waals surface area contributed by atoms with Crippen molar-refractivity contribution in [1.29, 1.82) is 0 Å². The third-order valence-electron chi connectivity index (χ3n) is 7.00. The Bertz CT molecular complexity index is 1270. The zero-order valence-electron chi connectivity index (χ0n) is 26.2. The molecule has 0 aliphatic rings. The topological polar surface area (TPSA) is 215 Å². The maximum Gasteiger partial charge on any atom is 0.331 e. The molecular weight excluding hydrogens is 600 g/mol. The van der Waals surface area contributed by atoms with Crippen LogP contribution in [-0.2, 0) is 19.1 Å². The smallest absolute Gasteiger partial charge is 0.331 e. The number of amides is 2. The molecule has 2 aromatic carbocycles. The number of phenols is 2. The van der Waals surface area contributed by atoms with Crippen LogP contribution in [0.25, 0.3) is 6.08 Å². The van der Waals surface area contributed by atoms with Gasteiger partial charge in [0.05, 0.1) is 19.3 Å². The van der Waals surface area contributed by atoms with E-state index in [0.29, 0.717) is 23.6 Å². The fraction of sp³-hybridized carbons (Fsp3) is 0.485. The first-order valence-electron chi connectivity index (χ1n) is 15.3. The lowest BCUT2D eigenvalue weighted by atomic mass is 10.0. The lowest BCUT2D eigenvalue weighted by molar-refractivity contribution is -0.155. The van der Waals surface area contributed by atoms with Gasteiger partial charge >= 0.3 is 5.97 Å². The number of ether oxygens (including phenoxy) is 2. The van der Waals surface area contributed by atoms with Gasteiger partial charge in [0.25, 0.3) is 0 Å². The minimum atomic E-state index is -1.91. The molecule has 0 heterocycles. The molecule has 0 aliphatic heterocycles. The number of hydrogen-bond donors (Lipinski definition) is 8. The third-order valence-corrected chi connectivity index (χ3v) is 7.00. The van der Waals surface area contributed by atoms with Crippen LogP contribution in [0.15, 0.2) is 48.5 Å². The molecule has 8 N–H and O–H groups in total. The summed E-state index contributed by atoms with van der Waals surface area (Å²) in [6, 6.07) is 8.91. The first kappa shape index (κ1) is 38.0. The highest BCUT2D eigenvalue weighted by atomic mass is 16.6. The molecule has 5 atom stereocenters. The van der Waals surface area contributed by atoms with Crippen molar-refractivity contribution >= 4 is 29.5 Å². The van der Waals surface area contributed by atoms with Gasteiger partial charge in [-0.25, -0.2) is 4.79 Å². The van der Waals surface area contributed by atoms with E-state index >= 15 is 0 Å². The minimum Gasteiger partial charge on any atom is -0.504 e. The van der Waals surface area contributed by atoms with Crippen LogP contribution in [0.2, 0.25) is 0 Å². The monoisotopic (exact) mass is 646 g/mol. The molecule has 0 spiro atoms. The zero-order chi connectivity index (χ0) is 34.1. The molecule has 13 nitrogen and oxygen atoms in total. The first-order valence-corrected chi connectivity index (χ1v) is 15.3. The Labute approximate surface area is 268 Å². The summed E-state index contributed by atoms with van der Waals surface area (Å²) in [5.41, 5.74) is 0.715. The molecule has 5 unspecified atom stereocenters. The summed E-state index contributed by atoms with van der Waals surface area (Å²) in [5.74, 6) is -3.00. The Morgan fingerprint density at radius 1 is 0.891 bits per heavy atom. The van der Waals surface area contributed by atoms with Gasteiger partial charge in [0, 0.05) is 18.2 Å². The van der Waals surface area contributed by atoms with Gasteiger partial charge in [-0.15, -0.1) is 0 Å². The Kier molecular flexibility index (Phi) is 16.6. The summed E-state index contributed by atoms with van der Waals surface area (Å²) in [4.78, 5) is 38.0. The van der Waals surface area contributed by atoms with Gasteiger partial charge in [-0.2, -0.15) is 0 Å². The normalized spacial score (nSPS) is 14.6. The molecule has 0 saturated heterocycles. The molecule has 13 heteroatoms. The fourth-order valence-electron chi connectivity index (χ4n) is 4.31. The van der Waals surface area contributed by atoms with E-state index in [-0.39, 0.29) is 5.75 Å². The second kappa shape index (κ2) is 20.1. The molecule has 0 bridgehead atoms. The lowest BCUT2D eigenvalue weighted by Gasteiger charge is -2.25. The predicted octanol–water partition coefficient (Wildman–Crippen LogP) is 2.37. The Morgan fingerprint density at radius 3 is 2.20 bits per heavy atom. The van der Waals surface area contributed by atoms with Gasteiger partial charge in [0.15, 0.2) is 11.5 Å². The number of rotatable bonds is 20. The third kappa shape index (κ3) is 13.4. The molecule has 0 fully saturated rings. The first-order chi connectivity index (χ1) is 21.9. The molecule has 0 saturated carbocycles. The number of unbranched alkanes of at least 4 members (excludes halogenated alkanes) is 5. The van der Waals surface area contributed by atoms with E-state index in [1.165, 1.54) is 56.9 Å². The van der Waals surface area contributed by atoms with Crippen molar-refractivity contribution in [3.05, 3.63) is 54.1 Å². The molecule has 0 radical (unpaired) electrons. The molecule has 2 aromatic rings. The van der Waals surface area contributed by atoms with Crippen molar-refractivity contribution < 1.29 is 54.5 Å². The summed E-state index contributed by atoms with van der Waals surface area (Å²) in [5, 5.41) is 64.0. The van der Waals surface area contributed by atoms with Crippen LogP contribution in [0.5, 0.6) is 17.2 Å². The van der Waals surface area contributed by atoms with E-state index in [1.807, 2.05) is 0 Å². The van der Waals surface area contributed by atoms with E-state index in [9.17, 15) is 45.0 Å². The van der Waals surface area contributed by atoms with Crippen molar-refractivity contribution in [3.8, 4) is 17.2 Å². The van der Waals surface area contributed by atoms with Crippen LogP contribution in [-0.4, -0.2) is 92.1 Å². The number of carbonyl (C=O) groups is 3. The van der Waals surface area contributed by atoms with Crippen LogP contribution in [0, 0.1) is 0 Å². The van der Waals surface area contributed by atoms with Crippen LogP contribution >= 0.6 is 0 Å². The minimum absolute atomic E-state index is 0.334. The molecule has 2 rings (SSSR count). The van der Waals surface area contributed by atoms with E-state index in [4.69, 9.17) is 9.47 Å². The van der Waals surface area contributed by atoms with Crippen molar-refractivity contribution in [2.45, 2.75) is 89.3 Å². The quantitative estimate of drug-likeness (QED) is 0.0452. The number of anilines is 1. The van der Waals surface area contributed by atoms with Gasteiger partial charge in [0.1, 0.15) is 30.1 Å². The van der Waals surface area contributed by atoms with Crippen molar-refractivity contribution in [2.75, 3.05) is 18.5 Å². The maximum atomic E-state index is 12.9. The lowest BCUT2D eigenvalue weighted by Crippen LogP contribution is -2.53. The van der Waals surface area contributed by atoms with Crippen molar-refractivity contribution in [3.63, 3.8) is 0 Å². The standard InChI is InChI=1S/C33H46N2O11/c1-3-4-5-6-7-8-17-45-24-13-11-23(12-14-24)34-33(44)31(21(2)37)35-32(43)27(40)19-29(28(41)20-36)46-30(42)16-10-22-9-15-25(38)26(39)18-22/h9-16,18,21,27-29,31,36-41H,3-8,17,19-20H2,1-2H3,(H,34,44)(H,35,43)/b16-10+. The molecule has 46 heavy (non-hydrogen) atoms. The number of nitrogens with one attached hydrogen (secondary N) is 2. The number of aliphatic hydroxyl groups excluding tert-OH is 4. The van der Waals surface area contributed by atoms with Gasteiger partial charge in [-0.05, 0) is 61.4 Å². The predicted molar refractivity (Wildman–Crippen MR) is 170 cm³/mol. The maximum absolute atomic E-state index is 12.9. The molecule has 0 aromatic heterocycles. The highest BCUT2D eigenvalue weighted by molar-refractivity contribution is 5.98. The second-order valence-electron chi connectivity index (χ2n) is 10.9. The highest BCUT2D eigenvalue weighted by Crippen LogP contribution is 2.25. The zero-order valence-corrected chi connectivity index (χ0v) is 26.2. The number of carbonyl (C=O) groups excluding carboxylic acids is 3.